The van der Waals surface area contributed by atoms with Gasteiger partial charge in [-0.25, -0.2) is 0 Å². The van der Waals surface area contributed by atoms with Gasteiger partial charge in [0.1, 0.15) is 5.75 Å². The first-order chi connectivity index (χ1) is 9.27. The average Bonchev–Trinajstić information content (AvgIpc) is 2.32. The number of benzene rings is 1. The van der Waals surface area contributed by atoms with Crippen LogP contribution in [0, 0.1) is 0 Å². The minimum absolute atomic E-state index is 0.0506. The van der Waals surface area contributed by atoms with Crippen LogP contribution in [0.25, 0.3) is 0 Å². The Balaban J connectivity index is 1.97. The predicted molar refractivity (Wildman–Crippen MR) is 64.3 cm³/mol. The van der Waals surface area contributed by atoms with Crippen molar-refractivity contribution in [2.75, 3.05) is 6.54 Å². The molecule has 1 aliphatic carbocycles. The summed E-state index contributed by atoms with van der Waals surface area (Å²) in [7, 11) is 0. The van der Waals surface area contributed by atoms with Crippen molar-refractivity contribution in [3.63, 3.8) is 0 Å². The Kier molecular flexibility index (Phi) is 3.89. The molecule has 4 nitrogen and oxygen atoms in total. The zero-order valence-electron chi connectivity index (χ0n) is 10.5. The van der Waals surface area contributed by atoms with Crippen LogP contribution in [0.3, 0.4) is 0 Å². The summed E-state index contributed by atoms with van der Waals surface area (Å²) in [5.74, 6) is -0.995. The van der Waals surface area contributed by atoms with Crippen LogP contribution < -0.4 is 10.1 Å². The standard InChI is InChI=1S/C13H14F3NO3/c14-13(15,16)20-10-4-1-3-9(7-10)11(18)17-8-12(19)5-2-6-12/h1,3-4,7,19H,2,5-6,8H2,(H,17,18). The molecule has 0 spiro atoms. The molecular weight excluding hydrogens is 275 g/mol. The number of rotatable bonds is 4. The molecule has 1 saturated carbocycles. The molecule has 0 saturated heterocycles. The minimum Gasteiger partial charge on any atom is -0.406 e. The molecule has 0 aromatic heterocycles. The van der Waals surface area contributed by atoms with Crippen molar-refractivity contribution < 1.29 is 27.8 Å². The Bertz CT molecular complexity index is 498. The van der Waals surface area contributed by atoms with Gasteiger partial charge in [-0.05, 0) is 37.5 Å². The third kappa shape index (κ3) is 3.86. The summed E-state index contributed by atoms with van der Waals surface area (Å²) in [6, 6.07) is 4.80. The van der Waals surface area contributed by atoms with Crippen molar-refractivity contribution in [2.45, 2.75) is 31.2 Å². The van der Waals surface area contributed by atoms with Crippen molar-refractivity contribution in [1.82, 2.24) is 5.32 Å². The van der Waals surface area contributed by atoms with E-state index in [1.165, 1.54) is 12.1 Å². The van der Waals surface area contributed by atoms with Gasteiger partial charge in [-0.15, -0.1) is 13.2 Å². The number of aliphatic hydroxyl groups is 1. The maximum Gasteiger partial charge on any atom is 0.573 e. The third-order valence-electron chi connectivity index (χ3n) is 3.19. The molecule has 0 bridgehead atoms. The summed E-state index contributed by atoms with van der Waals surface area (Å²) in [5.41, 5.74) is -0.829. The Morgan fingerprint density at radius 3 is 2.65 bits per heavy atom. The second-order valence-electron chi connectivity index (χ2n) is 4.84. The topological polar surface area (TPSA) is 58.6 Å². The van der Waals surface area contributed by atoms with Gasteiger partial charge in [0.15, 0.2) is 0 Å². The summed E-state index contributed by atoms with van der Waals surface area (Å²) in [4.78, 5) is 11.8. The van der Waals surface area contributed by atoms with Gasteiger partial charge in [-0.3, -0.25) is 4.79 Å². The molecule has 20 heavy (non-hydrogen) atoms. The van der Waals surface area contributed by atoms with Crippen LogP contribution in [-0.4, -0.2) is 29.5 Å². The van der Waals surface area contributed by atoms with Crippen LogP contribution in [0.5, 0.6) is 5.75 Å². The van der Waals surface area contributed by atoms with E-state index < -0.39 is 23.6 Å². The van der Waals surface area contributed by atoms with E-state index in [9.17, 15) is 23.1 Å². The van der Waals surface area contributed by atoms with Crippen LogP contribution in [0.2, 0.25) is 0 Å². The lowest BCUT2D eigenvalue weighted by Crippen LogP contribution is -2.47. The number of halogens is 3. The number of amides is 1. The van der Waals surface area contributed by atoms with Crippen molar-refractivity contribution in [3.8, 4) is 5.75 Å². The predicted octanol–water partition coefficient (Wildman–Crippen LogP) is 2.23. The molecule has 2 rings (SSSR count). The van der Waals surface area contributed by atoms with Crippen LogP contribution in [0.4, 0.5) is 13.2 Å². The largest absolute Gasteiger partial charge is 0.573 e. The molecule has 0 heterocycles. The van der Waals surface area contributed by atoms with Gasteiger partial charge in [-0.1, -0.05) is 6.07 Å². The normalized spacial score (nSPS) is 17.2. The molecule has 1 fully saturated rings. The highest BCUT2D eigenvalue weighted by atomic mass is 19.4. The number of hydrogen-bond acceptors (Lipinski definition) is 3. The summed E-state index contributed by atoms with van der Waals surface area (Å²) >= 11 is 0. The lowest BCUT2D eigenvalue weighted by molar-refractivity contribution is -0.274. The molecule has 1 aromatic rings. The second kappa shape index (κ2) is 5.32. The van der Waals surface area contributed by atoms with E-state index in [4.69, 9.17) is 0 Å². The van der Waals surface area contributed by atoms with E-state index in [-0.39, 0.29) is 12.1 Å². The van der Waals surface area contributed by atoms with Gasteiger partial charge >= 0.3 is 6.36 Å². The summed E-state index contributed by atoms with van der Waals surface area (Å²) < 4.78 is 40.0. The molecule has 0 atom stereocenters. The molecule has 1 aliphatic rings. The first-order valence-corrected chi connectivity index (χ1v) is 6.14. The summed E-state index contributed by atoms with van der Waals surface area (Å²) in [5, 5.41) is 12.3. The smallest absolute Gasteiger partial charge is 0.406 e. The van der Waals surface area contributed by atoms with E-state index in [2.05, 4.69) is 10.1 Å². The highest BCUT2D eigenvalue weighted by Crippen LogP contribution is 2.30. The Hall–Kier alpha value is -1.76. The molecule has 0 radical (unpaired) electrons. The number of nitrogens with one attached hydrogen (secondary N) is 1. The molecule has 110 valence electrons. The van der Waals surface area contributed by atoms with Gasteiger partial charge in [-0.2, -0.15) is 0 Å². The maximum atomic E-state index is 12.1. The first kappa shape index (κ1) is 14.6. The number of alkyl halides is 3. The Labute approximate surface area is 113 Å². The third-order valence-corrected chi connectivity index (χ3v) is 3.19. The molecule has 1 amide bonds. The number of ether oxygens (including phenoxy) is 1. The molecule has 0 aliphatic heterocycles. The van der Waals surface area contributed by atoms with E-state index in [0.29, 0.717) is 12.8 Å². The van der Waals surface area contributed by atoms with Gasteiger partial charge in [0.05, 0.1) is 5.60 Å². The zero-order chi connectivity index (χ0) is 14.8. The molecule has 1 aromatic carbocycles. The number of carbonyl (C=O) groups is 1. The summed E-state index contributed by atoms with van der Waals surface area (Å²) in [6.07, 6.45) is -2.66. The lowest BCUT2D eigenvalue weighted by Gasteiger charge is -2.36. The molecule has 0 unspecified atom stereocenters. The fourth-order valence-corrected chi connectivity index (χ4v) is 1.94. The molecular formula is C13H14F3NO3. The number of hydrogen-bond donors (Lipinski definition) is 2. The van der Waals surface area contributed by atoms with E-state index in [0.717, 1.165) is 18.6 Å². The molecule has 7 heteroatoms. The first-order valence-electron chi connectivity index (χ1n) is 6.14. The average molecular weight is 289 g/mol. The van der Waals surface area contributed by atoms with Crippen LogP contribution in [0.1, 0.15) is 29.6 Å². The van der Waals surface area contributed by atoms with E-state index >= 15 is 0 Å². The van der Waals surface area contributed by atoms with Gasteiger partial charge in [0.2, 0.25) is 0 Å². The fraction of sp³-hybridized carbons (Fsp3) is 0.462. The quantitative estimate of drug-likeness (QED) is 0.893. The fourth-order valence-electron chi connectivity index (χ4n) is 1.94. The highest BCUT2D eigenvalue weighted by Gasteiger charge is 2.34. The Morgan fingerprint density at radius 1 is 1.40 bits per heavy atom. The van der Waals surface area contributed by atoms with Crippen molar-refractivity contribution in [3.05, 3.63) is 29.8 Å². The summed E-state index contributed by atoms with van der Waals surface area (Å²) in [6.45, 7) is 0.0934. The van der Waals surface area contributed by atoms with Gasteiger partial charge in [0.25, 0.3) is 5.91 Å². The second-order valence-corrected chi connectivity index (χ2v) is 4.84. The zero-order valence-corrected chi connectivity index (χ0v) is 10.5. The van der Waals surface area contributed by atoms with Crippen LogP contribution in [0.15, 0.2) is 24.3 Å². The van der Waals surface area contributed by atoms with Crippen molar-refractivity contribution >= 4 is 5.91 Å². The van der Waals surface area contributed by atoms with Crippen molar-refractivity contribution in [1.29, 1.82) is 0 Å². The SMILES string of the molecule is O=C(NCC1(O)CCC1)c1cccc(OC(F)(F)F)c1. The lowest BCUT2D eigenvalue weighted by atomic mass is 9.80. The minimum atomic E-state index is -4.80. The molecule has 2 N–H and O–H groups in total. The highest BCUT2D eigenvalue weighted by molar-refractivity contribution is 5.94. The monoisotopic (exact) mass is 289 g/mol. The van der Waals surface area contributed by atoms with Gasteiger partial charge in [0, 0.05) is 12.1 Å². The van der Waals surface area contributed by atoms with E-state index in [1.54, 1.807) is 0 Å². The number of carbonyl (C=O) groups excluding carboxylic acids is 1. The maximum absolute atomic E-state index is 12.1. The van der Waals surface area contributed by atoms with Gasteiger partial charge < -0.3 is 15.2 Å². The van der Waals surface area contributed by atoms with E-state index in [1.807, 2.05) is 0 Å². The van der Waals surface area contributed by atoms with Crippen LogP contribution in [-0.2, 0) is 0 Å². The Morgan fingerprint density at radius 2 is 2.10 bits per heavy atom. The van der Waals surface area contributed by atoms with Crippen LogP contribution >= 0.6 is 0 Å². The van der Waals surface area contributed by atoms with Crippen molar-refractivity contribution in [2.24, 2.45) is 0 Å².